The maximum Gasteiger partial charge on any atom is 0.274 e. The number of amides is 1. The van der Waals surface area contributed by atoms with E-state index in [1.165, 1.54) is 0 Å². The molecule has 1 amide bonds. The van der Waals surface area contributed by atoms with Gasteiger partial charge in [0, 0.05) is 25.4 Å². The molecule has 6 nitrogen and oxygen atoms in total. The van der Waals surface area contributed by atoms with E-state index in [4.69, 9.17) is 4.74 Å². The molecule has 0 aliphatic carbocycles. The van der Waals surface area contributed by atoms with Gasteiger partial charge in [0.15, 0.2) is 5.69 Å². The van der Waals surface area contributed by atoms with Crippen molar-refractivity contribution in [3.63, 3.8) is 0 Å². The molecule has 0 unspecified atom stereocenters. The number of carbonyl (C=O) groups excluding carboxylic acids is 1. The van der Waals surface area contributed by atoms with Crippen molar-refractivity contribution in [1.82, 2.24) is 14.7 Å². The van der Waals surface area contributed by atoms with Gasteiger partial charge in [-0.3, -0.25) is 9.48 Å². The molecule has 0 aromatic carbocycles. The Morgan fingerprint density at radius 1 is 1.62 bits per heavy atom. The molecule has 2 aliphatic heterocycles. The van der Waals surface area contributed by atoms with Gasteiger partial charge in [-0.2, -0.15) is 5.10 Å². The second-order valence-electron chi connectivity index (χ2n) is 6.03. The SMILES string of the molecule is CCn1nc(C(=O)N2CC[C@H](O)[C@]3(CCCO3)C2)cc1C. The van der Waals surface area contributed by atoms with E-state index in [1.807, 2.05) is 24.6 Å². The molecular weight excluding hydrogens is 270 g/mol. The van der Waals surface area contributed by atoms with Crippen molar-refractivity contribution < 1.29 is 14.6 Å². The van der Waals surface area contributed by atoms with E-state index in [9.17, 15) is 9.90 Å². The summed E-state index contributed by atoms with van der Waals surface area (Å²) in [5, 5.41) is 14.6. The first-order valence-corrected chi connectivity index (χ1v) is 7.71. The van der Waals surface area contributed by atoms with E-state index in [2.05, 4.69) is 5.10 Å². The Morgan fingerprint density at radius 2 is 2.43 bits per heavy atom. The van der Waals surface area contributed by atoms with Gasteiger partial charge in [-0.1, -0.05) is 0 Å². The van der Waals surface area contributed by atoms with E-state index >= 15 is 0 Å². The summed E-state index contributed by atoms with van der Waals surface area (Å²) in [7, 11) is 0. The van der Waals surface area contributed by atoms with Crippen LogP contribution in [0.4, 0.5) is 0 Å². The Labute approximate surface area is 124 Å². The fourth-order valence-electron chi connectivity index (χ4n) is 3.43. The zero-order chi connectivity index (χ0) is 15.0. The number of likely N-dealkylation sites (tertiary alicyclic amines) is 1. The molecule has 21 heavy (non-hydrogen) atoms. The average Bonchev–Trinajstić information content (AvgIpc) is 3.09. The standard InChI is InChI=1S/C15H23N3O3/c1-3-18-11(2)9-12(16-18)14(20)17-7-5-13(19)15(10-17)6-4-8-21-15/h9,13,19H,3-8,10H2,1-2H3/t13-,15-/m0/s1. The van der Waals surface area contributed by atoms with Crippen LogP contribution in [-0.4, -0.2) is 57.1 Å². The highest BCUT2D eigenvalue weighted by Gasteiger charge is 2.47. The number of aromatic nitrogens is 2. The number of carbonyl (C=O) groups is 1. The van der Waals surface area contributed by atoms with Crippen LogP contribution in [0.15, 0.2) is 6.07 Å². The van der Waals surface area contributed by atoms with Crippen molar-refractivity contribution in [3.05, 3.63) is 17.5 Å². The second kappa shape index (κ2) is 5.42. The van der Waals surface area contributed by atoms with Crippen molar-refractivity contribution in [1.29, 1.82) is 0 Å². The smallest absolute Gasteiger partial charge is 0.274 e. The minimum absolute atomic E-state index is 0.0629. The third-order valence-corrected chi connectivity index (χ3v) is 4.66. The van der Waals surface area contributed by atoms with Crippen molar-refractivity contribution in [2.45, 2.75) is 51.4 Å². The Bertz CT molecular complexity index is 534. The fraction of sp³-hybridized carbons (Fsp3) is 0.733. The maximum absolute atomic E-state index is 12.6. The predicted molar refractivity (Wildman–Crippen MR) is 77.1 cm³/mol. The molecule has 3 heterocycles. The quantitative estimate of drug-likeness (QED) is 0.882. The molecule has 0 bridgehead atoms. The van der Waals surface area contributed by atoms with Crippen LogP contribution in [0, 0.1) is 6.92 Å². The van der Waals surface area contributed by atoms with Crippen LogP contribution < -0.4 is 0 Å². The van der Waals surface area contributed by atoms with Crippen LogP contribution in [0.2, 0.25) is 0 Å². The summed E-state index contributed by atoms with van der Waals surface area (Å²) in [6, 6.07) is 1.83. The van der Waals surface area contributed by atoms with Crippen LogP contribution in [-0.2, 0) is 11.3 Å². The van der Waals surface area contributed by atoms with Gasteiger partial charge >= 0.3 is 0 Å². The molecule has 3 rings (SSSR count). The number of ether oxygens (including phenoxy) is 1. The highest BCUT2D eigenvalue weighted by atomic mass is 16.5. The van der Waals surface area contributed by atoms with Gasteiger partial charge in [0.05, 0.1) is 12.6 Å². The van der Waals surface area contributed by atoms with Crippen molar-refractivity contribution in [2.75, 3.05) is 19.7 Å². The number of rotatable bonds is 2. The predicted octanol–water partition coefficient (Wildman–Crippen LogP) is 0.967. The summed E-state index contributed by atoms with van der Waals surface area (Å²) in [4.78, 5) is 14.4. The summed E-state index contributed by atoms with van der Waals surface area (Å²) < 4.78 is 7.62. The zero-order valence-corrected chi connectivity index (χ0v) is 12.7. The van der Waals surface area contributed by atoms with Crippen LogP contribution >= 0.6 is 0 Å². The lowest BCUT2D eigenvalue weighted by Gasteiger charge is -2.42. The van der Waals surface area contributed by atoms with Gasteiger partial charge in [0.25, 0.3) is 5.91 Å². The summed E-state index contributed by atoms with van der Waals surface area (Å²) in [5.41, 5.74) is 0.916. The van der Waals surface area contributed by atoms with Gasteiger partial charge in [0.1, 0.15) is 5.60 Å². The van der Waals surface area contributed by atoms with Gasteiger partial charge in [0.2, 0.25) is 0 Å². The number of aliphatic hydroxyl groups excluding tert-OH is 1. The Morgan fingerprint density at radius 3 is 3.05 bits per heavy atom. The first-order chi connectivity index (χ1) is 10.1. The zero-order valence-electron chi connectivity index (χ0n) is 12.7. The Balaban J connectivity index is 1.78. The molecule has 0 saturated carbocycles. The number of nitrogens with zero attached hydrogens (tertiary/aromatic N) is 3. The average molecular weight is 293 g/mol. The summed E-state index contributed by atoms with van der Waals surface area (Å²) in [5.74, 6) is -0.0629. The van der Waals surface area contributed by atoms with E-state index in [-0.39, 0.29) is 5.91 Å². The topological polar surface area (TPSA) is 67.6 Å². The highest BCUT2D eigenvalue weighted by Crippen LogP contribution is 2.35. The fourth-order valence-corrected chi connectivity index (χ4v) is 3.43. The van der Waals surface area contributed by atoms with Gasteiger partial charge in [-0.05, 0) is 39.2 Å². The normalized spacial score (nSPS) is 29.3. The minimum atomic E-state index is -0.559. The molecule has 6 heteroatoms. The first-order valence-electron chi connectivity index (χ1n) is 7.71. The van der Waals surface area contributed by atoms with Crippen LogP contribution in [0.25, 0.3) is 0 Å². The van der Waals surface area contributed by atoms with Gasteiger partial charge in [-0.15, -0.1) is 0 Å². The molecule has 1 N–H and O–H groups in total. The number of aliphatic hydroxyl groups is 1. The number of hydrogen-bond donors (Lipinski definition) is 1. The lowest BCUT2D eigenvalue weighted by molar-refractivity contribution is -0.124. The molecule has 2 aliphatic rings. The van der Waals surface area contributed by atoms with Crippen molar-refractivity contribution >= 4 is 5.91 Å². The second-order valence-corrected chi connectivity index (χ2v) is 6.03. The van der Waals surface area contributed by atoms with Gasteiger partial charge in [-0.25, -0.2) is 0 Å². The summed E-state index contributed by atoms with van der Waals surface area (Å²) in [6.45, 7) is 6.41. The largest absolute Gasteiger partial charge is 0.390 e. The number of piperidine rings is 1. The Hall–Kier alpha value is -1.40. The van der Waals surface area contributed by atoms with Crippen LogP contribution in [0.3, 0.4) is 0 Å². The lowest BCUT2D eigenvalue weighted by atomic mass is 9.87. The molecule has 1 aromatic rings. The van der Waals surface area contributed by atoms with E-state index < -0.39 is 11.7 Å². The molecular formula is C15H23N3O3. The van der Waals surface area contributed by atoms with Crippen molar-refractivity contribution in [3.8, 4) is 0 Å². The van der Waals surface area contributed by atoms with Crippen LogP contribution in [0.5, 0.6) is 0 Å². The monoisotopic (exact) mass is 293 g/mol. The molecule has 1 spiro atoms. The van der Waals surface area contributed by atoms with E-state index in [0.717, 1.165) is 25.1 Å². The third kappa shape index (κ3) is 2.46. The molecule has 1 aromatic heterocycles. The Kier molecular flexibility index (Phi) is 3.75. The van der Waals surface area contributed by atoms with E-state index in [1.54, 1.807) is 4.90 Å². The lowest BCUT2D eigenvalue weighted by Crippen LogP contribution is -2.57. The summed E-state index contributed by atoms with van der Waals surface area (Å²) in [6.07, 6.45) is 1.86. The third-order valence-electron chi connectivity index (χ3n) is 4.66. The molecule has 116 valence electrons. The molecule has 2 saturated heterocycles. The minimum Gasteiger partial charge on any atom is -0.390 e. The first kappa shape index (κ1) is 14.5. The van der Waals surface area contributed by atoms with Crippen LogP contribution in [0.1, 0.15) is 42.4 Å². The van der Waals surface area contributed by atoms with Crippen molar-refractivity contribution in [2.24, 2.45) is 0 Å². The number of aryl methyl sites for hydroxylation is 2. The molecule has 2 atom stereocenters. The van der Waals surface area contributed by atoms with Gasteiger partial charge < -0.3 is 14.7 Å². The van der Waals surface area contributed by atoms with E-state index in [0.29, 0.717) is 31.8 Å². The summed E-state index contributed by atoms with van der Waals surface area (Å²) >= 11 is 0. The number of hydrogen-bond acceptors (Lipinski definition) is 4. The molecule has 2 fully saturated rings. The highest BCUT2D eigenvalue weighted by molar-refractivity contribution is 5.92. The maximum atomic E-state index is 12.6. The molecule has 0 radical (unpaired) electrons.